The highest BCUT2D eigenvalue weighted by molar-refractivity contribution is 5.67. The van der Waals surface area contributed by atoms with E-state index in [-0.39, 0.29) is 0 Å². The van der Waals surface area contributed by atoms with Gasteiger partial charge in [-0.2, -0.15) is 0 Å². The van der Waals surface area contributed by atoms with E-state index in [9.17, 15) is 0 Å². The van der Waals surface area contributed by atoms with Gasteiger partial charge in [0.15, 0.2) is 0 Å². The molecular formula is C19H27N4+. The Kier molecular flexibility index (Phi) is 5.11. The molecule has 0 saturated heterocycles. The normalized spacial score (nSPS) is 13.3. The molecule has 0 aliphatic carbocycles. The van der Waals surface area contributed by atoms with E-state index < -0.39 is 0 Å². The second kappa shape index (κ2) is 7.44. The van der Waals surface area contributed by atoms with Crippen molar-refractivity contribution in [2.75, 3.05) is 17.2 Å². The number of nitrogens with zero attached hydrogens (tertiary/aromatic N) is 3. The van der Waals surface area contributed by atoms with Gasteiger partial charge < -0.3 is 4.90 Å². The van der Waals surface area contributed by atoms with E-state index in [2.05, 4.69) is 57.9 Å². The third-order valence-electron chi connectivity index (χ3n) is 4.59. The molecule has 0 saturated carbocycles. The summed E-state index contributed by atoms with van der Waals surface area (Å²) in [7, 11) is 0. The molecule has 0 radical (unpaired) electrons. The van der Waals surface area contributed by atoms with Crippen LogP contribution in [0.2, 0.25) is 0 Å². The van der Waals surface area contributed by atoms with Crippen LogP contribution in [0, 0.1) is 0 Å². The predicted molar refractivity (Wildman–Crippen MR) is 94.8 cm³/mol. The zero-order valence-corrected chi connectivity index (χ0v) is 14.0. The van der Waals surface area contributed by atoms with Gasteiger partial charge in [0.2, 0.25) is 5.82 Å². The SMILES string of the molecule is CCCCCCC[n+]1ccc(N2CCc3ccccc32)nc1N. The van der Waals surface area contributed by atoms with Gasteiger partial charge in [-0.3, -0.25) is 5.73 Å². The number of nitrogen functional groups attached to an aromatic ring is 1. The van der Waals surface area contributed by atoms with Crippen LogP contribution in [0.5, 0.6) is 0 Å². The van der Waals surface area contributed by atoms with Crippen molar-refractivity contribution in [3.05, 3.63) is 42.1 Å². The standard InChI is InChI=1S/C19H26N4/c1-2-3-4-5-8-13-22-14-12-18(21-19(22)20)23-15-11-16-9-6-7-10-17(16)23/h6-7,9-10,12,14,20H,2-5,8,11,13,15H2,1H3/p+1. The number of aryl methyl sites for hydroxylation is 1. The van der Waals surface area contributed by atoms with E-state index in [4.69, 9.17) is 5.73 Å². The summed E-state index contributed by atoms with van der Waals surface area (Å²) in [5.41, 5.74) is 8.83. The van der Waals surface area contributed by atoms with Crippen LogP contribution in [0.15, 0.2) is 36.5 Å². The van der Waals surface area contributed by atoms with Crippen LogP contribution in [0.3, 0.4) is 0 Å². The Labute approximate surface area is 139 Å². The van der Waals surface area contributed by atoms with Crippen molar-refractivity contribution >= 4 is 17.5 Å². The zero-order valence-electron chi connectivity index (χ0n) is 14.0. The van der Waals surface area contributed by atoms with Crippen LogP contribution in [-0.4, -0.2) is 11.5 Å². The van der Waals surface area contributed by atoms with Gasteiger partial charge in [0.05, 0.1) is 12.7 Å². The minimum Gasteiger partial charge on any atom is -0.312 e. The Morgan fingerprint density at radius 2 is 1.96 bits per heavy atom. The lowest BCUT2D eigenvalue weighted by molar-refractivity contribution is -0.685. The van der Waals surface area contributed by atoms with Crippen molar-refractivity contribution in [2.45, 2.75) is 52.0 Å². The van der Waals surface area contributed by atoms with Crippen molar-refractivity contribution < 1.29 is 4.57 Å². The summed E-state index contributed by atoms with van der Waals surface area (Å²) in [5.74, 6) is 1.57. The van der Waals surface area contributed by atoms with Crippen LogP contribution in [0.4, 0.5) is 17.5 Å². The Balaban J connectivity index is 1.66. The molecular weight excluding hydrogens is 284 g/mol. The highest BCUT2D eigenvalue weighted by atomic mass is 15.2. The van der Waals surface area contributed by atoms with E-state index in [1.807, 2.05) is 0 Å². The van der Waals surface area contributed by atoms with E-state index >= 15 is 0 Å². The van der Waals surface area contributed by atoms with Gasteiger partial charge in [-0.1, -0.05) is 55.8 Å². The molecule has 1 aromatic heterocycles. The highest BCUT2D eigenvalue weighted by Crippen LogP contribution is 2.32. The van der Waals surface area contributed by atoms with Crippen molar-refractivity contribution in [3.63, 3.8) is 0 Å². The van der Waals surface area contributed by atoms with E-state index in [1.165, 1.54) is 43.4 Å². The molecule has 2 heterocycles. The number of fused-ring (bicyclic) bond motifs is 1. The van der Waals surface area contributed by atoms with Crippen LogP contribution in [0.25, 0.3) is 0 Å². The van der Waals surface area contributed by atoms with Crippen LogP contribution >= 0.6 is 0 Å². The summed E-state index contributed by atoms with van der Waals surface area (Å²) in [5, 5.41) is 0. The lowest BCUT2D eigenvalue weighted by Gasteiger charge is -2.16. The molecule has 4 nitrogen and oxygen atoms in total. The minimum atomic E-state index is 0.613. The fourth-order valence-electron chi connectivity index (χ4n) is 3.25. The van der Waals surface area contributed by atoms with Crippen LogP contribution in [-0.2, 0) is 13.0 Å². The number of benzene rings is 1. The van der Waals surface area contributed by atoms with E-state index in [0.29, 0.717) is 5.95 Å². The first kappa shape index (κ1) is 15.8. The summed E-state index contributed by atoms with van der Waals surface area (Å²) in [6.45, 7) is 4.18. The molecule has 1 aliphatic heterocycles. The van der Waals surface area contributed by atoms with Gasteiger partial charge in [0.1, 0.15) is 0 Å². The number of aromatic nitrogens is 2. The number of hydrogen-bond acceptors (Lipinski definition) is 3. The maximum Gasteiger partial charge on any atom is 0.391 e. The summed E-state index contributed by atoms with van der Waals surface area (Å²) < 4.78 is 2.07. The average molecular weight is 311 g/mol. The van der Waals surface area contributed by atoms with Gasteiger partial charge in [0.25, 0.3) is 0 Å². The fraction of sp³-hybridized carbons (Fsp3) is 0.474. The van der Waals surface area contributed by atoms with E-state index in [1.54, 1.807) is 0 Å². The minimum absolute atomic E-state index is 0.613. The Hall–Kier alpha value is -2.10. The second-order valence-electron chi connectivity index (χ2n) is 6.28. The molecule has 1 aromatic carbocycles. The number of anilines is 3. The van der Waals surface area contributed by atoms with Gasteiger partial charge >= 0.3 is 5.95 Å². The highest BCUT2D eigenvalue weighted by Gasteiger charge is 2.23. The van der Waals surface area contributed by atoms with Gasteiger partial charge in [-0.05, 0) is 24.5 Å². The molecule has 0 bridgehead atoms. The number of unbranched alkanes of at least 4 members (excludes halogenated alkanes) is 4. The molecule has 0 fully saturated rings. The summed E-state index contributed by atoms with van der Waals surface area (Å²) in [6, 6.07) is 10.6. The quantitative estimate of drug-likeness (QED) is 0.627. The molecule has 122 valence electrons. The molecule has 23 heavy (non-hydrogen) atoms. The fourth-order valence-corrected chi connectivity index (χ4v) is 3.25. The smallest absolute Gasteiger partial charge is 0.312 e. The van der Waals surface area contributed by atoms with Crippen LogP contribution < -0.4 is 15.2 Å². The Morgan fingerprint density at radius 3 is 2.78 bits per heavy atom. The first-order valence-electron chi connectivity index (χ1n) is 8.81. The molecule has 0 amide bonds. The third kappa shape index (κ3) is 3.63. The van der Waals surface area contributed by atoms with Gasteiger partial charge in [0, 0.05) is 18.3 Å². The molecule has 0 spiro atoms. The predicted octanol–water partition coefficient (Wildman–Crippen LogP) is 3.62. The average Bonchev–Trinajstić information content (AvgIpc) is 3.00. The molecule has 4 heteroatoms. The van der Waals surface area contributed by atoms with Crippen LogP contribution in [0.1, 0.15) is 44.6 Å². The number of nitrogens with two attached hydrogens (primary N) is 1. The van der Waals surface area contributed by atoms with Crippen molar-refractivity contribution in [3.8, 4) is 0 Å². The van der Waals surface area contributed by atoms with Gasteiger partial charge in [-0.25, -0.2) is 4.57 Å². The first-order valence-corrected chi connectivity index (χ1v) is 8.81. The topological polar surface area (TPSA) is 46.0 Å². The maximum atomic E-state index is 6.18. The monoisotopic (exact) mass is 311 g/mol. The third-order valence-corrected chi connectivity index (χ3v) is 4.59. The molecule has 1 aliphatic rings. The molecule has 2 N–H and O–H groups in total. The summed E-state index contributed by atoms with van der Waals surface area (Å²) >= 11 is 0. The van der Waals surface area contributed by atoms with Crippen molar-refractivity contribution in [1.29, 1.82) is 0 Å². The zero-order chi connectivity index (χ0) is 16.1. The molecule has 0 unspecified atom stereocenters. The summed E-state index contributed by atoms with van der Waals surface area (Å²) in [6.07, 6.45) is 9.51. The number of para-hydroxylation sites is 1. The van der Waals surface area contributed by atoms with E-state index in [0.717, 1.165) is 25.3 Å². The molecule has 0 atom stereocenters. The molecule has 3 rings (SSSR count). The Bertz CT molecular complexity index is 654. The maximum absolute atomic E-state index is 6.18. The summed E-state index contributed by atoms with van der Waals surface area (Å²) in [4.78, 5) is 6.90. The Morgan fingerprint density at radius 1 is 1.13 bits per heavy atom. The van der Waals surface area contributed by atoms with Gasteiger partial charge in [-0.15, -0.1) is 0 Å². The number of rotatable bonds is 7. The second-order valence-corrected chi connectivity index (χ2v) is 6.28. The van der Waals surface area contributed by atoms with Crippen molar-refractivity contribution in [1.82, 2.24) is 4.98 Å². The molecule has 2 aromatic rings. The largest absolute Gasteiger partial charge is 0.391 e. The lowest BCUT2D eigenvalue weighted by atomic mass is 10.1. The number of hydrogen-bond donors (Lipinski definition) is 1. The lowest BCUT2D eigenvalue weighted by Crippen LogP contribution is -2.38. The van der Waals surface area contributed by atoms with Crippen molar-refractivity contribution in [2.24, 2.45) is 0 Å². The first-order chi connectivity index (χ1) is 11.3.